The maximum Gasteiger partial charge on any atom is 0.516 e. The molecule has 8 nitrogen and oxygen atoms in total. The summed E-state index contributed by atoms with van der Waals surface area (Å²) in [6.07, 6.45) is 0.631. The molecule has 0 spiro atoms. The Hall–Kier alpha value is -2.61. The van der Waals surface area contributed by atoms with Crippen molar-refractivity contribution in [2.75, 3.05) is 20.6 Å². The summed E-state index contributed by atoms with van der Waals surface area (Å²) in [6.45, 7) is 5.92. The van der Waals surface area contributed by atoms with Gasteiger partial charge in [0.1, 0.15) is 12.2 Å². The number of benzene rings is 1. The van der Waals surface area contributed by atoms with Crippen molar-refractivity contribution >= 4 is 18.1 Å². The highest BCUT2D eigenvalue weighted by molar-refractivity contribution is 5.80. The summed E-state index contributed by atoms with van der Waals surface area (Å²) in [5, 5.41) is 2.67. The van der Waals surface area contributed by atoms with Gasteiger partial charge in [0, 0.05) is 13.0 Å². The molecule has 0 fully saturated rings. The van der Waals surface area contributed by atoms with Crippen LogP contribution in [0.5, 0.6) is 0 Å². The van der Waals surface area contributed by atoms with Gasteiger partial charge in [-0.15, -0.1) is 0 Å². The van der Waals surface area contributed by atoms with E-state index in [9.17, 15) is 14.4 Å². The van der Waals surface area contributed by atoms with Crippen LogP contribution in [-0.4, -0.2) is 54.9 Å². The summed E-state index contributed by atoms with van der Waals surface area (Å²) in [6, 6.07) is 8.60. The Balaban J connectivity index is 2.49. The monoisotopic (exact) mass is 408 g/mol. The molecule has 1 atom stereocenters. The third-order valence-electron chi connectivity index (χ3n) is 4.36. The van der Waals surface area contributed by atoms with Gasteiger partial charge in [-0.1, -0.05) is 30.3 Å². The van der Waals surface area contributed by atoms with Crippen molar-refractivity contribution in [3.05, 3.63) is 35.9 Å². The van der Waals surface area contributed by atoms with Gasteiger partial charge in [0.2, 0.25) is 0 Å². The van der Waals surface area contributed by atoms with Crippen LogP contribution in [0.15, 0.2) is 30.3 Å². The normalized spacial score (nSPS) is 12.7. The molecule has 0 heterocycles. The lowest BCUT2D eigenvalue weighted by molar-refractivity contribution is -0.834. The number of primary amides is 1. The summed E-state index contributed by atoms with van der Waals surface area (Å²) < 4.78 is 10.3. The lowest BCUT2D eigenvalue weighted by Crippen LogP contribution is -2.58. The molecule has 0 aliphatic carbocycles. The molecule has 162 valence electrons. The van der Waals surface area contributed by atoms with Gasteiger partial charge in [0.15, 0.2) is 6.04 Å². The molecular formula is C21H34N3O5+. The molecule has 8 heteroatoms. The van der Waals surface area contributed by atoms with Crippen LogP contribution in [0.1, 0.15) is 45.6 Å². The van der Waals surface area contributed by atoms with Gasteiger partial charge in [0.05, 0.1) is 14.1 Å². The number of likely N-dealkylation sites (N-methyl/N-ethyl adjacent to an activating group) is 1. The second-order valence-electron chi connectivity index (χ2n) is 8.42. The van der Waals surface area contributed by atoms with E-state index in [2.05, 4.69) is 5.32 Å². The Kier molecular flexibility index (Phi) is 9.10. The summed E-state index contributed by atoms with van der Waals surface area (Å²) in [4.78, 5) is 36.2. The molecule has 0 bridgehead atoms. The first-order chi connectivity index (χ1) is 13.4. The van der Waals surface area contributed by atoms with Crippen LogP contribution in [0.2, 0.25) is 0 Å². The second kappa shape index (κ2) is 10.8. The van der Waals surface area contributed by atoms with Crippen molar-refractivity contribution in [2.45, 2.75) is 58.3 Å². The van der Waals surface area contributed by atoms with Crippen LogP contribution in [0, 0.1) is 0 Å². The maximum atomic E-state index is 12.6. The molecule has 0 aliphatic rings. The highest BCUT2D eigenvalue weighted by Gasteiger charge is 2.41. The summed E-state index contributed by atoms with van der Waals surface area (Å²) in [7, 11) is 3.23. The number of rotatable bonds is 9. The Morgan fingerprint density at radius 1 is 1.10 bits per heavy atom. The van der Waals surface area contributed by atoms with Crippen LogP contribution in [0.3, 0.4) is 0 Å². The molecule has 0 unspecified atom stereocenters. The third kappa shape index (κ3) is 8.95. The zero-order valence-corrected chi connectivity index (χ0v) is 18.1. The van der Waals surface area contributed by atoms with Crippen LogP contribution >= 0.6 is 0 Å². The molecule has 0 saturated carbocycles. The lowest BCUT2D eigenvalue weighted by atomic mass is 10.1. The highest BCUT2D eigenvalue weighted by atomic mass is 16.6. The molecule has 0 aromatic heterocycles. The number of nitrogens with one attached hydrogen (secondary N) is 1. The van der Waals surface area contributed by atoms with Gasteiger partial charge < -0.3 is 20.5 Å². The predicted octanol–water partition coefficient (Wildman–Crippen LogP) is 2.95. The predicted molar refractivity (Wildman–Crippen MR) is 110 cm³/mol. The minimum Gasteiger partial charge on any atom is -0.444 e. The standard InChI is InChI=1S/C21H33N3O5/c1-21(2,3)29-19(26)23-14-10-9-13-17(18(22)25)24(4,5)20(27)28-15-16-11-7-6-8-12-16/h6-8,11-12,17H,9-10,13-15H2,1-5H3,(H2-,22,23,25,26)/p+1/t17-/m0/s1. The van der Waals surface area contributed by atoms with Gasteiger partial charge in [-0.3, -0.25) is 4.79 Å². The fraction of sp³-hybridized carbons (Fsp3) is 0.571. The number of carbonyl (C=O) groups excluding carboxylic acids is 3. The zero-order valence-electron chi connectivity index (χ0n) is 18.1. The van der Waals surface area contributed by atoms with Gasteiger partial charge in [-0.05, 0) is 39.2 Å². The van der Waals surface area contributed by atoms with E-state index in [1.54, 1.807) is 34.9 Å². The summed E-state index contributed by atoms with van der Waals surface area (Å²) in [5.74, 6) is -0.563. The molecule has 3 amide bonds. The van der Waals surface area contributed by atoms with E-state index in [1.807, 2.05) is 30.3 Å². The number of ether oxygens (including phenoxy) is 2. The molecule has 1 aromatic carbocycles. The topological polar surface area (TPSA) is 108 Å². The summed E-state index contributed by atoms with van der Waals surface area (Å²) >= 11 is 0. The second-order valence-corrected chi connectivity index (χ2v) is 8.42. The van der Waals surface area contributed by atoms with Gasteiger partial charge in [-0.2, -0.15) is 4.79 Å². The van der Waals surface area contributed by atoms with Crippen molar-refractivity contribution in [2.24, 2.45) is 5.73 Å². The van der Waals surface area contributed by atoms with E-state index in [1.165, 1.54) is 0 Å². The Bertz CT molecular complexity index is 683. The number of alkyl carbamates (subject to hydrolysis) is 1. The first kappa shape index (κ1) is 24.4. The maximum absolute atomic E-state index is 12.6. The van der Waals surface area contributed by atoms with E-state index in [0.29, 0.717) is 25.8 Å². The largest absolute Gasteiger partial charge is 0.516 e. The van der Waals surface area contributed by atoms with Crippen molar-refractivity contribution in [1.82, 2.24) is 5.32 Å². The number of hydrogen-bond donors (Lipinski definition) is 2. The number of unbranched alkanes of at least 4 members (excludes halogenated alkanes) is 1. The van der Waals surface area contributed by atoms with Crippen LogP contribution in [-0.2, 0) is 20.9 Å². The first-order valence-electron chi connectivity index (χ1n) is 9.74. The average Bonchev–Trinajstić information content (AvgIpc) is 2.61. The fourth-order valence-electron chi connectivity index (χ4n) is 2.76. The number of carbonyl (C=O) groups is 3. The van der Waals surface area contributed by atoms with Crippen molar-refractivity contribution in [3.8, 4) is 0 Å². The molecule has 3 N–H and O–H groups in total. The zero-order chi connectivity index (χ0) is 22.1. The number of nitrogens with zero attached hydrogens (tertiary/aromatic N) is 1. The number of amides is 3. The Labute approximate surface area is 172 Å². The number of nitrogens with two attached hydrogens (primary N) is 1. The number of quaternary nitrogens is 1. The minimum absolute atomic E-state index is 0.132. The minimum atomic E-state index is -0.722. The molecule has 29 heavy (non-hydrogen) atoms. The van der Waals surface area contributed by atoms with Gasteiger partial charge in [0.25, 0.3) is 5.91 Å². The van der Waals surface area contributed by atoms with E-state index in [0.717, 1.165) is 5.56 Å². The first-order valence-corrected chi connectivity index (χ1v) is 9.74. The smallest absolute Gasteiger partial charge is 0.444 e. The average molecular weight is 409 g/mol. The molecule has 0 radical (unpaired) electrons. The van der Waals surface area contributed by atoms with Gasteiger partial charge in [-0.25, -0.2) is 9.28 Å². The Morgan fingerprint density at radius 2 is 1.72 bits per heavy atom. The number of hydrogen-bond acceptors (Lipinski definition) is 5. The third-order valence-corrected chi connectivity index (χ3v) is 4.36. The molecule has 0 aliphatic heterocycles. The molecule has 0 saturated heterocycles. The van der Waals surface area contributed by atoms with Crippen molar-refractivity contribution < 1.29 is 28.3 Å². The van der Waals surface area contributed by atoms with E-state index >= 15 is 0 Å². The SMILES string of the molecule is CC(C)(C)OC(=O)NCCCC[C@@H](C(N)=O)[N+](C)(C)C(=O)OCc1ccccc1. The highest BCUT2D eigenvalue weighted by Crippen LogP contribution is 2.17. The van der Waals surface area contributed by atoms with Crippen molar-refractivity contribution in [3.63, 3.8) is 0 Å². The van der Waals surface area contributed by atoms with Crippen LogP contribution < -0.4 is 11.1 Å². The summed E-state index contributed by atoms with van der Waals surface area (Å²) in [5.41, 5.74) is 5.86. The molecule has 1 aromatic rings. The lowest BCUT2D eigenvalue weighted by Gasteiger charge is -2.32. The molecule has 1 rings (SSSR count). The quantitative estimate of drug-likeness (QED) is 0.482. The van der Waals surface area contributed by atoms with Crippen LogP contribution in [0.4, 0.5) is 9.59 Å². The van der Waals surface area contributed by atoms with Crippen molar-refractivity contribution in [1.29, 1.82) is 0 Å². The van der Waals surface area contributed by atoms with E-state index in [4.69, 9.17) is 15.2 Å². The van der Waals surface area contributed by atoms with Gasteiger partial charge >= 0.3 is 12.2 Å². The van der Waals surface area contributed by atoms with Crippen LogP contribution in [0.25, 0.3) is 0 Å². The Morgan fingerprint density at radius 3 is 2.28 bits per heavy atom. The fourth-order valence-corrected chi connectivity index (χ4v) is 2.76. The molecular weight excluding hydrogens is 374 g/mol. The van der Waals surface area contributed by atoms with E-state index < -0.39 is 29.7 Å². The van der Waals surface area contributed by atoms with E-state index in [-0.39, 0.29) is 11.1 Å².